The van der Waals surface area contributed by atoms with Gasteiger partial charge in [-0.05, 0) is 55.8 Å². The fourth-order valence-electron chi connectivity index (χ4n) is 3.86. The Kier molecular flexibility index (Phi) is 5.73. The van der Waals surface area contributed by atoms with Crippen molar-refractivity contribution in [3.05, 3.63) is 65.4 Å². The molecule has 170 valence electrons. The van der Waals surface area contributed by atoms with Crippen LogP contribution in [-0.4, -0.2) is 37.9 Å². The summed E-state index contributed by atoms with van der Waals surface area (Å²) >= 11 is 2.87. The van der Waals surface area contributed by atoms with Crippen LogP contribution in [-0.2, 0) is 4.79 Å². The minimum Gasteiger partial charge on any atom is -0.497 e. The third-order valence-electron chi connectivity index (χ3n) is 5.66. The molecule has 1 N–H and O–H groups in total. The number of benzene rings is 2. The monoisotopic (exact) mass is 488 g/mol. The van der Waals surface area contributed by atoms with Gasteiger partial charge in [0.15, 0.2) is 5.16 Å². The normalized spacial score (nSPS) is 11.1. The molecule has 0 bridgehead atoms. The van der Waals surface area contributed by atoms with Crippen molar-refractivity contribution in [2.75, 3.05) is 18.2 Å². The maximum absolute atomic E-state index is 13.0. The average molecular weight is 489 g/mol. The van der Waals surface area contributed by atoms with Crippen LogP contribution >= 0.6 is 23.1 Å². The predicted molar refractivity (Wildman–Crippen MR) is 134 cm³/mol. The Balaban J connectivity index is 1.42. The van der Waals surface area contributed by atoms with E-state index in [1.807, 2.05) is 71.3 Å². The first kappa shape index (κ1) is 22.0. The van der Waals surface area contributed by atoms with Gasteiger partial charge in [-0.1, -0.05) is 35.2 Å². The van der Waals surface area contributed by atoms with Gasteiger partial charge < -0.3 is 10.1 Å². The molecule has 3 heterocycles. The summed E-state index contributed by atoms with van der Waals surface area (Å²) in [4.78, 5) is 13.8. The lowest BCUT2D eigenvalue weighted by Crippen LogP contribution is -2.18. The molecule has 1 amide bonds. The van der Waals surface area contributed by atoms with Gasteiger partial charge in [0.25, 0.3) is 0 Å². The molecule has 0 spiro atoms. The number of ether oxygens (including phenoxy) is 1. The summed E-state index contributed by atoms with van der Waals surface area (Å²) in [5, 5.41) is 21.9. The number of para-hydroxylation sites is 1. The second-order valence-electron chi connectivity index (χ2n) is 7.59. The topological polar surface area (TPSA) is 97.2 Å². The average Bonchev–Trinajstić information content (AvgIpc) is 3.49. The molecule has 0 unspecified atom stereocenters. The zero-order valence-corrected chi connectivity index (χ0v) is 20.3. The van der Waals surface area contributed by atoms with Crippen LogP contribution in [0.1, 0.15) is 16.8 Å². The SMILES string of the molecule is COc1ccc(-n2c(C)c(C)c(C#N)c2NC(=O)CSc2nnc3sc4ccccc4n23)cc1. The van der Waals surface area contributed by atoms with Crippen LogP contribution in [0.5, 0.6) is 5.75 Å². The molecule has 10 heteroatoms. The number of carbonyl (C=O) groups excluding carboxylic acids is 1. The van der Waals surface area contributed by atoms with E-state index in [1.54, 1.807) is 18.4 Å². The molecule has 0 aliphatic heterocycles. The first-order valence-corrected chi connectivity index (χ1v) is 12.2. The van der Waals surface area contributed by atoms with Gasteiger partial charge >= 0.3 is 0 Å². The molecule has 5 rings (SSSR count). The van der Waals surface area contributed by atoms with Crippen LogP contribution in [0.3, 0.4) is 0 Å². The Morgan fingerprint density at radius 3 is 2.68 bits per heavy atom. The van der Waals surface area contributed by atoms with E-state index in [-0.39, 0.29) is 11.7 Å². The number of methoxy groups -OCH3 is 1. The number of thiazole rings is 1. The van der Waals surface area contributed by atoms with Gasteiger partial charge in [0.1, 0.15) is 17.6 Å². The molecule has 3 aromatic heterocycles. The number of nitriles is 1. The number of amides is 1. The minimum absolute atomic E-state index is 0.127. The van der Waals surface area contributed by atoms with Gasteiger partial charge in [0, 0.05) is 11.4 Å². The van der Waals surface area contributed by atoms with Gasteiger partial charge in [-0.2, -0.15) is 5.26 Å². The number of aromatic nitrogens is 4. The zero-order valence-electron chi connectivity index (χ0n) is 18.7. The smallest absolute Gasteiger partial charge is 0.236 e. The number of nitrogens with one attached hydrogen (secondary N) is 1. The summed E-state index contributed by atoms with van der Waals surface area (Å²) < 4.78 is 10.2. The van der Waals surface area contributed by atoms with E-state index in [2.05, 4.69) is 21.6 Å². The molecule has 34 heavy (non-hydrogen) atoms. The maximum atomic E-state index is 13.0. The van der Waals surface area contributed by atoms with Crippen molar-refractivity contribution in [2.45, 2.75) is 19.0 Å². The van der Waals surface area contributed by atoms with Crippen molar-refractivity contribution in [3.63, 3.8) is 0 Å². The summed E-state index contributed by atoms with van der Waals surface area (Å²) in [7, 11) is 1.61. The standard InChI is InChI=1S/C24H20N6O2S2/c1-14-15(2)29(16-8-10-17(32-3)11-9-16)22(18(14)12-25)26-21(31)13-33-23-27-28-24-30(23)19-6-4-5-7-20(19)34-24/h4-11H,13H2,1-3H3,(H,26,31). The number of fused-ring (bicyclic) bond motifs is 3. The van der Waals surface area contributed by atoms with E-state index in [4.69, 9.17) is 4.74 Å². The summed E-state index contributed by atoms with van der Waals surface area (Å²) in [6, 6.07) is 17.7. The van der Waals surface area contributed by atoms with E-state index in [0.29, 0.717) is 16.5 Å². The predicted octanol–water partition coefficient (Wildman–Crippen LogP) is 4.96. The lowest BCUT2D eigenvalue weighted by Gasteiger charge is -2.13. The molecule has 0 fully saturated rings. The molecular formula is C24H20N6O2S2. The van der Waals surface area contributed by atoms with Crippen LogP contribution in [0.25, 0.3) is 20.9 Å². The Hall–Kier alpha value is -3.81. The van der Waals surface area contributed by atoms with Crippen LogP contribution in [0.2, 0.25) is 0 Å². The minimum atomic E-state index is -0.231. The van der Waals surface area contributed by atoms with Crippen LogP contribution < -0.4 is 10.1 Å². The number of hydrogen-bond donors (Lipinski definition) is 1. The number of anilines is 1. The molecule has 0 atom stereocenters. The molecule has 0 aliphatic rings. The van der Waals surface area contributed by atoms with Gasteiger partial charge in [-0.15, -0.1) is 10.2 Å². The van der Waals surface area contributed by atoms with Gasteiger partial charge in [0.2, 0.25) is 10.9 Å². The number of rotatable bonds is 6. The second kappa shape index (κ2) is 8.85. The number of nitrogens with zero attached hydrogens (tertiary/aromatic N) is 5. The van der Waals surface area contributed by atoms with Crippen molar-refractivity contribution < 1.29 is 9.53 Å². The molecular weight excluding hydrogens is 468 g/mol. The second-order valence-corrected chi connectivity index (χ2v) is 9.54. The Bertz CT molecular complexity index is 1570. The first-order chi connectivity index (χ1) is 16.5. The highest BCUT2D eigenvalue weighted by molar-refractivity contribution is 7.99. The number of hydrogen-bond acceptors (Lipinski definition) is 7. The van der Waals surface area contributed by atoms with Crippen LogP contribution in [0.4, 0.5) is 5.82 Å². The van der Waals surface area contributed by atoms with Crippen molar-refractivity contribution in [1.29, 1.82) is 5.26 Å². The van der Waals surface area contributed by atoms with Crippen LogP contribution in [0, 0.1) is 25.2 Å². The maximum Gasteiger partial charge on any atom is 0.236 e. The van der Waals surface area contributed by atoms with E-state index >= 15 is 0 Å². The summed E-state index contributed by atoms with van der Waals surface area (Å²) in [5.41, 5.74) is 4.00. The summed E-state index contributed by atoms with van der Waals surface area (Å²) in [5.74, 6) is 1.08. The molecule has 0 aliphatic carbocycles. The third kappa shape index (κ3) is 3.69. The summed E-state index contributed by atoms with van der Waals surface area (Å²) in [6.45, 7) is 3.81. The van der Waals surface area contributed by atoms with E-state index in [9.17, 15) is 10.1 Å². The molecule has 0 radical (unpaired) electrons. The highest BCUT2D eigenvalue weighted by atomic mass is 32.2. The molecule has 0 saturated heterocycles. The number of carbonyl (C=O) groups is 1. The Labute approximate surface area is 203 Å². The van der Waals surface area contributed by atoms with Crippen molar-refractivity contribution in [3.8, 4) is 17.5 Å². The van der Waals surface area contributed by atoms with Gasteiger partial charge in [0.05, 0.1) is 28.6 Å². The fourth-order valence-corrected chi connectivity index (χ4v) is 5.63. The molecule has 2 aromatic carbocycles. The fraction of sp³-hybridized carbons (Fsp3) is 0.167. The largest absolute Gasteiger partial charge is 0.497 e. The van der Waals surface area contributed by atoms with E-state index in [1.165, 1.54) is 11.8 Å². The van der Waals surface area contributed by atoms with Gasteiger partial charge in [-0.3, -0.25) is 13.8 Å². The third-order valence-corrected chi connectivity index (χ3v) is 7.60. The van der Waals surface area contributed by atoms with Crippen molar-refractivity contribution >= 4 is 50.0 Å². The van der Waals surface area contributed by atoms with E-state index in [0.717, 1.165) is 37.9 Å². The Morgan fingerprint density at radius 2 is 1.94 bits per heavy atom. The molecule has 8 nitrogen and oxygen atoms in total. The lowest BCUT2D eigenvalue weighted by atomic mass is 10.2. The highest BCUT2D eigenvalue weighted by Gasteiger charge is 2.21. The highest BCUT2D eigenvalue weighted by Crippen LogP contribution is 2.32. The first-order valence-electron chi connectivity index (χ1n) is 10.4. The summed E-state index contributed by atoms with van der Waals surface area (Å²) in [6.07, 6.45) is 0. The van der Waals surface area contributed by atoms with Crippen LogP contribution in [0.15, 0.2) is 53.7 Å². The Morgan fingerprint density at radius 1 is 1.18 bits per heavy atom. The van der Waals surface area contributed by atoms with E-state index < -0.39 is 0 Å². The van der Waals surface area contributed by atoms with Gasteiger partial charge in [-0.25, -0.2) is 0 Å². The molecule has 5 aromatic rings. The quantitative estimate of drug-likeness (QED) is 0.339. The molecule has 0 saturated carbocycles. The lowest BCUT2D eigenvalue weighted by molar-refractivity contribution is -0.113. The number of thioether (sulfide) groups is 1. The van der Waals surface area contributed by atoms with Crippen molar-refractivity contribution in [1.82, 2.24) is 19.2 Å². The van der Waals surface area contributed by atoms with Crippen molar-refractivity contribution in [2.24, 2.45) is 0 Å². The zero-order chi connectivity index (χ0) is 23.8.